The first kappa shape index (κ1) is 16.7. The van der Waals surface area contributed by atoms with Gasteiger partial charge in [0.15, 0.2) is 0 Å². The van der Waals surface area contributed by atoms with Crippen LogP contribution in [0, 0.1) is 12.7 Å². The summed E-state index contributed by atoms with van der Waals surface area (Å²) in [5, 5.41) is 6.30. The van der Waals surface area contributed by atoms with Crippen LogP contribution in [0.1, 0.15) is 34.9 Å². The topological polar surface area (TPSA) is 82.2 Å². The monoisotopic (exact) mass is 344 g/mol. The Balaban J connectivity index is 1.76. The molecule has 1 aromatic carbocycles. The molecule has 1 amide bonds. The van der Waals surface area contributed by atoms with Gasteiger partial charge in [0.05, 0.1) is 24.9 Å². The van der Waals surface area contributed by atoms with Crippen molar-refractivity contribution in [1.29, 1.82) is 0 Å². The van der Waals surface area contributed by atoms with Gasteiger partial charge >= 0.3 is 0 Å². The largest absolute Gasteiger partial charge is 0.479 e. The van der Waals surface area contributed by atoms with Gasteiger partial charge in [-0.1, -0.05) is 6.07 Å². The molecule has 0 saturated heterocycles. The van der Waals surface area contributed by atoms with Crippen molar-refractivity contribution in [3.8, 4) is 11.6 Å². The van der Waals surface area contributed by atoms with E-state index < -0.39 is 17.8 Å². The molecule has 0 spiro atoms. The molecule has 0 aliphatic heterocycles. The normalized spacial score (nSPS) is 12.0. The molecule has 2 aromatic heterocycles. The summed E-state index contributed by atoms with van der Waals surface area (Å²) in [5.74, 6) is 0.0604. The number of aryl methyl sites for hydroxylation is 1. The number of hydrogen-bond acceptors (Lipinski definition) is 5. The Morgan fingerprint density at radius 2 is 2.20 bits per heavy atom. The van der Waals surface area contributed by atoms with Gasteiger partial charge in [-0.3, -0.25) is 4.79 Å². The van der Waals surface area contributed by atoms with Crippen molar-refractivity contribution in [3.63, 3.8) is 0 Å². The quantitative estimate of drug-likeness (QED) is 0.770. The molecule has 1 atom stereocenters. The fourth-order valence-corrected chi connectivity index (χ4v) is 2.43. The molecule has 25 heavy (non-hydrogen) atoms. The van der Waals surface area contributed by atoms with E-state index in [9.17, 15) is 9.18 Å². The number of benzene rings is 1. The zero-order valence-corrected chi connectivity index (χ0v) is 14.0. The third kappa shape index (κ3) is 3.37. The van der Waals surface area contributed by atoms with Crippen molar-refractivity contribution in [1.82, 2.24) is 20.0 Å². The minimum Gasteiger partial charge on any atom is -0.479 e. The zero-order valence-electron chi connectivity index (χ0n) is 14.0. The van der Waals surface area contributed by atoms with E-state index in [2.05, 4.69) is 15.5 Å². The Hall–Kier alpha value is -3.16. The first-order chi connectivity index (χ1) is 12.0. The van der Waals surface area contributed by atoms with Crippen LogP contribution in [-0.2, 0) is 0 Å². The van der Waals surface area contributed by atoms with Crippen LogP contribution >= 0.6 is 0 Å². The molecular formula is C17H17FN4O3. The number of amides is 1. The first-order valence-corrected chi connectivity index (χ1v) is 7.61. The maximum absolute atomic E-state index is 14.5. The molecule has 0 bridgehead atoms. The molecule has 0 radical (unpaired) electrons. The van der Waals surface area contributed by atoms with E-state index in [0.29, 0.717) is 17.1 Å². The summed E-state index contributed by atoms with van der Waals surface area (Å²) in [5.41, 5.74) is 1.02. The highest BCUT2D eigenvalue weighted by molar-refractivity contribution is 5.91. The molecule has 2 heterocycles. The molecule has 0 aliphatic carbocycles. The van der Waals surface area contributed by atoms with Crippen LogP contribution in [0.2, 0.25) is 0 Å². The summed E-state index contributed by atoms with van der Waals surface area (Å²) in [4.78, 5) is 16.2. The highest BCUT2D eigenvalue weighted by atomic mass is 19.1. The van der Waals surface area contributed by atoms with Crippen molar-refractivity contribution in [3.05, 3.63) is 59.6 Å². The van der Waals surface area contributed by atoms with Gasteiger partial charge in [-0.05, 0) is 36.7 Å². The number of halogens is 1. The second kappa shape index (κ2) is 6.76. The maximum Gasteiger partial charge on any atom is 0.290 e. The van der Waals surface area contributed by atoms with Crippen molar-refractivity contribution in [2.24, 2.45) is 0 Å². The lowest BCUT2D eigenvalue weighted by Gasteiger charge is -2.15. The van der Waals surface area contributed by atoms with Crippen molar-refractivity contribution < 1.29 is 18.4 Å². The van der Waals surface area contributed by atoms with E-state index in [-0.39, 0.29) is 11.6 Å². The van der Waals surface area contributed by atoms with Crippen LogP contribution in [0.25, 0.3) is 5.69 Å². The lowest BCUT2D eigenvalue weighted by molar-refractivity contribution is 0.0902. The van der Waals surface area contributed by atoms with Crippen LogP contribution in [0.4, 0.5) is 4.39 Å². The molecule has 7 nitrogen and oxygen atoms in total. The standard InChI is InChI=1S/C17H17FN4O3/c1-10(20-17(23)15-9-16(24-3)21-25-15)12-4-5-14(13(18)8-12)22-7-6-19-11(22)2/h4-10H,1-3H3,(H,20,23)/t10-/m1/s1. The van der Waals surface area contributed by atoms with E-state index >= 15 is 0 Å². The van der Waals surface area contributed by atoms with Crippen molar-refractivity contribution >= 4 is 5.91 Å². The number of nitrogens with zero attached hydrogens (tertiary/aromatic N) is 3. The van der Waals surface area contributed by atoms with Gasteiger partial charge in [-0.15, -0.1) is 0 Å². The van der Waals surface area contributed by atoms with Gasteiger partial charge in [0, 0.05) is 12.4 Å². The summed E-state index contributed by atoms with van der Waals surface area (Å²) in [6, 6.07) is 5.76. The first-order valence-electron chi connectivity index (χ1n) is 7.61. The molecule has 8 heteroatoms. The van der Waals surface area contributed by atoms with Crippen molar-refractivity contribution in [2.75, 3.05) is 7.11 Å². The zero-order chi connectivity index (χ0) is 18.0. The van der Waals surface area contributed by atoms with Crippen LogP contribution < -0.4 is 10.1 Å². The number of imidazole rings is 1. The molecule has 130 valence electrons. The molecule has 0 fully saturated rings. The van der Waals surface area contributed by atoms with Crippen LogP contribution in [0.3, 0.4) is 0 Å². The van der Waals surface area contributed by atoms with E-state index in [1.807, 2.05) is 0 Å². The van der Waals surface area contributed by atoms with E-state index in [1.54, 1.807) is 42.9 Å². The minimum atomic E-state index is -0.460. The fraction of sp³-hybridized carbons (Fsp3) is 0.235. The van der Waals surface area contributed by atoms with Gasteiger partial charge in [0.2, 0.25) is 5.76 Å². The average molecular weight is 344 g/mol. The number of carbonyl (C=O) groups is 1. The third-order valence-electron chi connectivity index (χ3n) is 3.83. The van der Waals surface area contributed by atoms with Gasteiger partial charge in [0.1, 0.15) is 11.6 Å². The van der Waals surface area contributed by atoms with Crippen LogP contribution in [0.15, 0.2) is 41.2 Å². The highest BCUT2D eigenvalue weighted by Gasteiger charge is 2.18. The Morgan fingerprint density at radius 3 is 2.80 bits per heavy atom. The summed E-state index contributed by atoms with van der Waals surface area (Å²) < 4.78 is 25.9. The number of hydrogen-bond donors (Lipinski definition) is 1. The summed E-state index contributed by atoms with van der Waals surface area (Å²) in [6.07, 6.45) is 3.30. The number of methoxy groups -OCH3 is 1. The number of carbonyl (C=O) groups excluding carboxylic acids is 1. The van der Waals surface area contributed by atoms with E-state index in [1.165, 1.54) is 19.2 Å². The highest BCUT2D eigenvalue weighted by Crippen LogP contribution is 2.21. The Labute approximate surface area is 143 Å². The second-order valence-electron chi connectivity index (χ2n) is 5.48. The lowest BCUT2D eigenvalue weighted by atomic mass is 10.1. The summed E-state index contributed by atoms with van der Waals surface area (Å²) in [7, 11) is 1.43. The van der Waals surface area contributed by atoms with Crippen LogP contribution in [-0.4, -0.2) is 27.7 Å². The van der Waals surface area contributed by atoms with E-state index in [0.717, 1.165) is 0 Å². The summed E-state index contributed by atoms with van der Waals surface area (Å²) >= 11 is 0. The third-order valence-corrected chi connectivity index (χ3v) is 3.83. The Bertz CT molecular complexity index is 903. The minimum absolute atomic E-state index is 0.0230. The van der Waals surface area contributed by atoms with Gasteiger partial charge in [0.25, 0.3) is 11.8 Å². The molecule has 0 saturated carbocycles. The second-order valence-corrected chi connectivity index (χ2v) is 5.48. The van der Waals surface area contributed by atoms with Crippen molar-refractivity contribution in [2.45, 2.75) is 19.9 Å². The molecule has 0 unspecified atom stereocenters. The van der Waals surface area contributed by atoms with Gasteiger partial charge in [-0.2, -0.15) is 0 Å². The van der Waals surface area contributed by atoms with Crippen LogP contribution in [0.5, 0.6) is 5.88 Å². The molecule has 1 N–H and O–H groups in total. The number of ether oxygens (including phenoxy) is 1. The average Bonchev–Trinajstić information content (AvgIpc) is 3.23. The number of aromatic nitrogens is 3. The Kier molecular flexibility index (Phi) is 4.51. The number of nitrogens with one attached hydrogen (secondary N) is 1. The van der Waals surface area contributed by atoms with Gasteiger partial charge < -0.3 is 19.1 Å². The molecule has 3 aromatic rings. The Morgan fingerprint density at radius 1 is 1.40 bits per heavy atom. The lowest BCUT2D eigenvalue weighted by Crippen LogP contribution is -2.26. The molecule has 3 rings (SSSR count). The fourth-order valence-electron chi connectivity index (χ4n) is 2.43. The SMILES string of the molecule is COc1cc(C(=O)N[C@H](C)c2ccc(-n3ccnc3C)c(F)c2)on1. The smallest absolute Gasteiger partial charge is 0.290 e. The number of rotatable bonds is 5. The molecular weight excluding hydrogens is 327 g/mol. The molecule has 0 aliphatic rings. The maximum atomic E-state index is 14.5. The van der Waals surface area contributed by atoms with Gasteiger partial charge in [-0.25, -0.2) is 9.37 Å². The van der Waals surface area contributed by atoms with E-state index in [4.69, 9.17) is 9.26 Å². The predicted molar refractivity (Wildman–Crippen MR) is 87.2 cm³/mol. The summed E-state index contributed by atoms with van der Waals surface area (Å²) in [6.45, 7) is 3.55. The predicted octanol–water partition coefficient (Wildman–Crippen LogP) is 2.81.